The van der Waals surface area contributed by atoms with Crippen LogP contribution in [0.4, 0.5) is 6.01 Å². The summed E-state index contributed by atoms with van der Waals surface area (Å²) in [5.74, 6) is 0.554. The Labute approximate surface area is 94.0 Å². The smallest absolute Gasteiger partial charge is 0.315 e. The van der Waals surface area contributed by atoms with Gasteiger partial charge >= 0.3 is 6.01 Å². The number of hydrogen-bond donors (Lipinski definition) is 2. The fourth-order valence-corrected chi connectivity index (χ4v) is 1.05. The van der Waals surface area contributed by atoms with Crippen molar-refractivity contribution < 1.29 is 9.21 Å². The van der Waals surface area contributed by atoms with Crippen LogP contribution in [0.5, 0.6) is 0 Å². The van der Waals surface area contributed by atoms with Crippen molar-refractivity contribution in [3.8, 4) is 0 Å². The molecule has 7 heteroatoms. The van der Waals surface area contributed by atoms with Gasteiger partial charge in [-0.25, -0.2) is 0 Å². The topological polar surface area (TPSA) is 97.3 Å². The van der Waals surface area contributed by atoms with Gasteiger partial charge in [-0.3, -0.25) is 4.79 Å². The van der Waals surface area contributed by atoms with Crippen LogP contribution in [-0.2, 0) is 11.2 Å². The molecule has 0 aliphatic rings. The van der Waals surface area contributed by atoms with Crippen LogP contribution in [0.2, 0.25) is 0 Å². The summed E-state index contributed by atoms with van der Waals surface area (Å²) < 4.78 is 5.23. The van der Waals surface area contributed by atoms with Crippen molar-refractivity contribution in [2.24, 2.45) is 5.73 Å². The Morgan fingerprint density at radius 1 is 1.50 bits per heavy atom. The summed E-state index contributed by atoms with van der Waals surface area (Å²) in [7, 11) is 3.43. The second kappa shape index (κ2) is 6.06. The second-order valence-electron chi connectivity index (χ2n) is 3.50. The Kier molecular flexibility index (Phi) is 4.71. The molecule has 0 saturated heterocycles. The third kappa shape index (κ3) is 3.85. The highest BCUT2D eigenvalue weighted by Crippen LogP contribution is 2.05. The Bertz CT molecular complexity index is 336. The summed E-state index contributed by atoms with van der Waals surface area (Å²) in [6.45, 7) is 0.946. The van der Waals surface area contributed by atoms with Crippen molar-refractivity contribution in [1.82, 2.24) is 15.1 Å². The van der Waals surface area contributed by atoms with E-state index >= 15 is 0 Å². The Hall–Kier alpha value is -1.63. The largest absolute Gasteiger partial charge is 0.408 e. The first kappa shape index (κ1) is 12.4. The van der Waals surface area contributed by atoms with E-state index in [0.29, 0.717) is 37.8 Å². The van der Waals surface area contributed by atoms with Gasteiger partial charge < -0.3 is 20.4 Å². The van der Waals surface area contributed by atoms with Crippen molar-refractivity contribution in [2.75, 3.05) is 32.5 Å². The van der Waals surface area contributed by atoms with Crippen molar-refractivity contribution in [3.63, 3.8) is 0 Å². The van der Waals surface area contributed by atoms with Gasteiger partial charge in [0.15, 0.2) is 0 Å². The van der Waals surface area contributed by atoms with Crippen molar-refractivity contribution in [2.45, 2.75) is 12.8 Å². The molecule has 0 aliphatic carbocycles. The Balaban J connectivity index is 2.29. The van der Waals surface area contributed by atoms with Crippen LogP contribution in [0.25, 0.3) is 0 Å². The number of anilines is 1. The molecule has 1 heterocycles. The standard InChI is InChI=1S/C9H17N5O2/c1-14(2)8(15)4-6-11-9-13-12-7(16-9)3-5-10/h3-6,10H2,1-2H3,(H,11,13). The third-order valence-corrected chi connectivity index (χ3v) is 1.94. The molecule has 1 aromatic heterocycles. The molecule has 1 rings (SSSR count). The normalized spacial score (nSPS) is 10.2. The van der Waals surface area contributed by atoms with E-state index in [2.05, 4.69) is 15.5 Å². The molecule has 0 radical (unpaired) electrons. The van der Waals surface area contributed by atoms with Crippen LogP contribution in [0, 0.1) is 0 Å². The minimum atomic E-state index is 0.0502. The molecule has 7 nitrogen and oxygen atoms in total. The number of hydrogen-bond acceptors (Lipinski definition) is 6. The van der Waals surface area contributed by atoms with Gasteiger partial charge in [-0.1, -0.05) is 5.10 Å². The maximum atomic E-state index is 11.2. The molecular weight excluding hydrogens is 210 g/mol. The molecule has 0 aromatic carbocycles. The maximum Gasteiger partial charge on any atom is 0.315 e. The molecule has 0 atom stereocenters. The molecule has 0 aliphatic heterocycles. The van der Waals surface area contributed by atoms with Crippen molar-refractivity contribution in [3.05, 3.63) is 5.89 Å². The lowest BCUT2D eigenvalue weighted by Gasteiger charge is -2.09. The minimum absolute atomic E-state index is 0.0502. The summed E-state index contributed by atoms with van der Waals surface area (Å²) in [5, 5.41) is 10.4. The molecule has 90 valence electrons. The highest BCUT2D eigenvalue weighted by molar-refractivity contribution is 5.75. The number of carbonyl (C=O) groups excluding carboxylic acids is 1. The Morgan fingerprint density at radius 2 is 2.25 bits per heavy atom. The number of nitrogens with two attached hydrogens (primary N) is 1. The first-order chi connectivity index (χ1) is 7.63. The maximum absolute atomic E-state index is 11.2. The van der Waals surface area contributed by atoms with Gasteiger partial charge in [-0.05, 0) is 0 Å². The van der Waals surface area contributed by atoms with E-state index in [4.69, 9.17) is 10.2 Å². The van der Waals surface area contributed by atoms with E-state index in [1.807, 2.05) is 0 Å². The van der Waals surface area contributed by atoms with Gasteiger partial charge in [0.1, 0.15) is 0 Å². The fourth-order valence-electron chi connectivity index (χ4n) is 1.05. The minimum Gasteiger partial charge on any atom is -0.408 e. The molecule has 0 unspecified atom stereocenters. The van der Waals surface area contributed by atoms with Crippen LogP contribution in [0.15, 0.2) is 4.42 Å². The first-order valence-electron chi connectivity index (χ1n) is 5.10. The molecule has 1 amide bonds. The molecule has 0 fully saturated rings. The average molecular weight is 227 g/mol. The summed E-state index contributed by atoms with van der Waals surface area (Å²) >= 11 is 0. The highest BCUT2D eigenvalue weighted by Gasteiger charge is 2.06. The number of rotatable bonds is 6. The van der Waals surface area contributed by atoms with E-state index in [0.717, 1.165) is 0 Å². The summed E-state index contributed by atoms with van der Waals surface area (Å²) in [4.78, 5) is 12.8. The summed E-state index contributed by atoms with van der Waals surface area (Å²) in [6.07, 6.45) is 0.951. The zero-order valence-corrected chi connectivity index (χ0v) is 9.56. The van der Waals surface area contributed by atoms with Gasteiger partial charge in [-0.2, -0.15) is 0 Å². The van der Waals surface area contributed by atoms with E-state index < -0.39 is 0 Å². The van der Waals surface area contributed by atoms with Crippen LogP contribution in [0.1, 0.15) is 12.3 Å². The van der Waals surface area contributed by atoms with Gasteiger partial charge in [0.05, 0.1) is 0 Å². The predicted molar refractivity (Wildman–Crippen MR) is 58.9 cm³/mol. The van der Waals surface area contributed by atoms with E-state index in [-0.39, 0.29) is 5.91 Å². The predicted octanol–water partition coefficient (Wildman–Crippen LogP) is -0.539. The third-order valence-electron chi connectivity index (χ3n) is 1.94. The summed E-state index contributed by atoms with van der Waals surface area (Å²) in [5.41, 5.74) is 5.34. The van der Waals surface area contributed by atoms with Crippen LogP contribution < -0.4 is 11.1 Å². The highest BCUT2D eigenvalue weighted by atomic mass is 16.4. The van der Waals surface area contributed by atoms with Crippen LogP contribution >= 0.6 is 0 Å². The quantitative estimate of drug-likeness (QED) is 0.677. The SMILES string of the molecule is CN(C)C(=O)CCNc1nnc(CCN)o1. The summed E-state index contributed by atoms with van der Waals surface area (Å²) in [6, 6.07) is 0.329. The van der Waals surface area contributed by atoms with Gasteiger partial charge in [0, 0.05) is 40.0 Å². The number of aromatic nitrogens is 2. The molecule has 1 aromatic rings. The van der Waals surface area contributed by atoms with Gasteiger partial charge in [-0.15, -0.1) is 5.10 Å². The molecule has 0 bridgehead atoms. The van der Waals surface area contributed by atoms with Crippen LogP contribution in [-0.4, -0.2) is 48.2 Å². The monoisotopic (exact) mass is 227 g/mol. The van der Waals surface area contributed by atoms with Gasteiger partial charge in [0.25, 0.3) is 0 Å². The fraction of sp³-hybridized carbons (Fsp3) is 0.667. The zero-order chi connectivity index (χ0) is 12.0. The molecule has 0 spiro atoms. The molecular formula is C9H17N5O2. The average Bonchev–Trinajstić information content (AvgIpc) is 2.66. The lowest BCUT2D eigenvalue weighted by Crippen LogP contribution is -2.23. The lowest BCUT2D eigenvalue weighted by molar-refractivity contribution is -0.128. The number of carbonyl (C=O) groups is 1. The van der Waals surface area contributed by atoms with E-state index in [9.17, 15) is 4.79 Å². The second-order valence-corrected chi connectivity index (χ2v) is 3.50. The Morgan fingerprint density at radius 3 is 2.88 bits per heavy atom. The number of nitrogens with one attached hydrogen (secondary N) is 1. The first-order valence-corrected chi connectivity index (χ1v) is 5.10. The lowest BCUT2D eigenvalue weighted by atomic mass is 10.4. The molecule has 3 N–H and O–H groups in total. The molecule has 16 heavy (non-hydrogen) atoms. The van der Waals surface area contributed by atoms with Gasteiger partial charge in [0.2, 0.25) is 11.8 Å². The van der Waals surface area contributed by atoms with E-state index in [1.165, 1.54) is 4.90 Å². The van der Waals surface area contributed by atoms with Crippen molar-refractivity contribution in [1.29, 1.82) is 0 Å². The molecule has 0 saturated carbocycles. The van der Waals surface area contributed by atoms with E-state index in [1.54, 1.807) is 14.1 Å². The van der Waals surface area contributed by atoms with Crippen molar-refractivity contribution >= 4 is 11.9 Å². The van der Waals surface area contributed by atoms with Crippen LogP contribution in [0.3, 0.4) is 0 Å². The number of nitrogens with zero attached hydrogens (tertiary/aromatic N) is 3. The zero-order valence-electron chi connectivity index (χ0n) is 9.56. The number of amides is 1.